The maximum Gasteiger partial charge on any atom is 0.132 e. The highest BCUT2D eigenvalue weighted by Crippen LogP contribution is 2.38. The van der Waals surface area contributed by atoms with Gasteiger partial charge in [0, 0.05) is 25.0 Å². The monoisotopic (exact) mass is 261 g/mol. The molecule has 1 unspecified atom stereocenters. The summed E-state index contributed by atoms with van der Waals surface area (Å²) < 4.78 is 2.10. The first-order chi connectivity index (χ1) is 9.27. The second kappa shape index (κ2) is 4.96. The van der Waals surface area contributed by atoms with E-state index in [1.807, 2.05) is 12.4 Å². The Bertz CT molecular complexity index is 460. The fourth-order valence-corrected chi connectivity index (χ4v) is 3.68. The van der Waals surface area contributed by atoms with Crippen LogP contribution in [-0.4, -0.2) is 32.9 Å². The predicted molar refractivity (Wildman–Crippen MR) is 75.2 cm³/mol. The molecule has 0 spiro atoms. The second-order valence-corrected chi connectivity index (χ2v) is 5.60. The molecule has 0 aromatic carbocycles. The van der Waals surface area contributed by atoms with E-state index in [0.29, 0.717) is 18.4 Å². The zero-order valence-electron chi connectivity index (χ0n) is 11.5. The van der Waals surface area contributed by atoms with E-state index in [1.54, 1.807) is 0 Å². The number of hydrogen-bond donors (Lipinski definition) is 2. The molecule has 0 amide bonds. The molecule has 5 nitrogen and oxygen atoms in total. The van der Waals surface area contributed by atoms with Crippen LogP contribution >= 0.6 is 0 Å². The summed E-state index contributed by atoms with van der Waals surface area (Å²) >= 11 is 0. The molecule has 1 aromatic heterocycles. The van der Waals surface area contributed by atoms with Crippen LogP contribution in [0, 0.1) is 5.41 Å². The number of nitrogens with one attached hydrogen (secondary N) is 1. The highest BCUT2D eigenvalue weighted by molar-refractivity contribution is 5.85. The van der Waals surface area contributed by atoms with Gasteiger partial charge in [0.2, 0.25) is 0 Å². The molecule has 0 bridgehead atoms. The van der Waals surface area contributed by atoms with Crippen LogP contribution in [0.25, 0.3) is 0 Å². The van der Waals surface area contributed by atoms with Gasteiger partial charge in [-0.05, 0) is 19.3 Å². The van der Waals surface area contributed by atoms with E-state index in [-0.39, 0.29) is 12.1 Å². The summed E-state index contributed by atoms with van der Waals surface area (Å²) in [5, 5.41) is 8.57. The van der Waals surface area contributed by atoms with Crippen molar-refractivity contribution in [2.24, 2.45) is 5.73 Å². The van der Waals surface area contributed by atoms with Crippen LogP contribution in [0.15, 0.2) is 12.4 Å². The number of hydrogen-bond acceptors (Lipinski definition) is 3. The molecule has 0 saturated heterocycles. The summed E-state index contributed by atoms with van der Waals surface area (Å²) in [5.41, 5.74) is 5.90. The molecule has 2 heterocycles. The van der Waals surface area contributed by atoms with E-state index in [0.717, 1.165) is 12.2 Å². The molecule has 5 heteroatoms. The molecule has 1 fully saturated rings. The molecule has 3 N–H and O–H groups in total. The fraction of sp³-hybridized carbons (Fsp3) is 0.714. The Balaban J connectivity index is 2.01. The molecule has 1 aliphatic carbocycles. The Morgan fingerprint density at radius 2 is 2.11 bits per heavy atom. The van der Waals surface area contributed by atoms with E-state index in [4.69, 9.17) is 11.1 Å². The van der Waals surface area contributed by atoms with Crippen molar-refractivity contribution in [2.75, 3.05) is 6.54 Å². The Morgan fingerprint density at radius 1 is 1.37 bits per heavy atom. The topological polar surface area (TPSA) is 70.9 Å². The lowest BCUT2D eigenvalue weighted by atomic mass is 10.0. The molecule has 2 aliphatic rings. The van der Waals surface area contributed by atoms with E-state index < -0.39 is 0 Å². The first-order valence-corrected chi connectivity index (χ1v) is 7.37. The second-order valence-electron chi connectivity index (χ2n) is 5.60. The van der Waals surface area contributed by atoms with Gasteiger partial charge in [-0.1, -0.05) is 19.8 Å². The number of amidine groups is 1. The number of imidazole rings is 1. The third kappa shape index (κ3) is 1.87. The highest BCUT2D eigenvalue weighted by atomic mass is 15.3. The van der Waals surface area contributed by atoms with Crippen molar-refractivity contribution in [1.29, 1.82) is 5.41 Å². The normalized spacial score (nSPS) is 27.9. The van der Waals surface area contributed by atoms with Crippen molar-refractivity contribution in [3.63, 3.8) is 0 Å². The molecular formula is C14H23N5. The third-order valence-corrected chi connectivity index (χ3v) is 4.59. The van der Waals surface area contributed by atoms with Gasteiger partial charge in [0.05, 0.1) is 6.04 Å². The van der Waals surface area contributed by atoms with Gasteiger partial charge in [0.15, 0.2) is 0 Å². The van der Waals surface area contributed by atoms with Gasteiger partial charge in [-0.2, -0.15) is 0 Å². The lowest BCUT2D eigenvalue weighted by Crippen LogP contribution is -2.51. The largest absolute Gasteiger partial charge is 0.346 e. The molecule has 1 aromatic rings. The van der Waals surface area contributed by atoms with Gasteiger partial charge in [-0.25, -0.2) is 4.98 Å². The first kappa shape index (κ1) is 12.7. The van der Waals surface area contributed by atoms with Crippen LogP contribution in [-0.2, 0) is 0 Å². The minimum absolute atomic E-state index is 0.0408. The van der Waals surface area contributed by atoms with Gasteiger partial charge >= 0.3 is 0 Å². The zero-order valence-corrected chi connectivity index (χ0v) is 11.5. The summed E-state index contributed by atoms with van der Waals surface area (Å²) in [4.78, 5) is 6.84. The lowest BCUT2D eigenvalue weighted by molar-refractivity contribution is 0.188. The van der Waals surface area contributed by atoms with Crippen LogP contribution in [0.3, 0.4) is 0 Å². The van der Waals surface area contributed by atoms with Crippen LogP contribution in [0.1, 0.15) is 56.9 Å². The SMILES string of the molecule is CC[C@@H]1c2nccn2C(CN)C(=N)N1C1CCCC1. The van der Waals surface area contributed by atoms with Crippen molar-refractivity contribution in [2.45, 2.75) is 57.2 Å². The van der Waals surface area contributed by atoms with E-state index in [9.17, 15) is 0 Å². The summed E-state index contributed by atoms with van der Waals surface area (Å²) in [6.45, 7) is 2.66. The van der Waals surface area contributed by atoms with Crippen LogP contribution in [0.5, 0.6) is 0 Å². The van der Waals surface area contributed by atoms with Crippen LogP contribution < -0.4 is 5.73 Å². The number of rotatable bonds is 3. The molecule has 1 saturated carbocycles. The van der Waals surface area contributed by atoms with Gasteiger partial charge in [0.25, 0.3) is 0 Å². The molecule has 2 atom stereocenters. The minimum atomic E-state index is -0.0408. The van der Waals surface area contributed by atoms with Crippen molar-refractivity contribution >= 4 is 5.84 Å². The van der Waals surface area contributed by atoms with E-state index >= 15 is 0 Å². The molecule has 3 rings (SSSR count). The zero-order chi connectivity index (χ0) is 13.4. The average molecular weight is 261 g/mol. The quantitative estimate of drug-likeness (QED) is 0.875. The Labute approximate surface area is 114 Å². The van der Waals surface area contributed by atoms with Gasteiger partial charge < -0.3 is 15.2 Å². The summed E-state index contributed by atoms with van der Waals surface area (Å²) in [5.74, 6) is 1.77. The van der Waals surface area contributed by atoms with Crippen molar-refractivity contribution in [3.8, 4) is 0 Å². The Kier molecular flexibility index (Phi) is 3.31. The number of nitrogens with two attached hydrogens (primary N) is 1. The van der Waals surface area contributed by atoms with Gasteiger partial charge in [-0.15, -0.1) is 0 Å². The van der Waals surface area contributed by atoms with Crippen LogP contribution in [0.2, 0.25) is 0 Å². The Hall–Kier alpha value is -1.36. The first-order valence-electron chi connectivity index (χ1n) is 7.37. The van der Waals surface area contributed by atoms with Gasteiger partial charge in [0.1, 0.15) is 17.7 Å². The lowest BCUT2D eigenvalue weighted by Gasteiger charge is -2.44. The summed E-state index contributed by atoms with van der Waals surface area (Å²) in [6, 6.07) is 0.714. The van der Waals surface area contributed by atoms with Crippen LogP contribution in [0.4, 0.5) is 0 Å². The maximum absolute atomic E-state index is 8.57. The molecular weight excluding hydrogens is 238 g/mol. The van der Waals surface area contributed by atoms with Crippen molar-refractivity contribution in [3.05, 3.63) is 18.2 Å². The van der Waals surface area contributed by atoms with Crippen molar-refractivity contribution < 1.29 is 0 Å². The smallest absolute Gasteiger partial charge is 0.132 e. The predicted octanol–water partition coefficient (Wildman–Crippen LogP) is 2.07. The molecule has 104 valence electrons. The Morgan fingerprint density at radius 3 is 2.74 bits per heavy atom. The molecule has 1 aliphatic heterocycles. The number of aromatic nitrogens is 2. The summed E-state index contributed by atoms with van der Waals surface area (Å²) in [7, 11) is 0. The number of fused-ring (bicyclic) bond motifs is 1. The van der Waals surface area contributed by atoms with Crippen molar-refractivity contribution in [1.82, 2.24) is 14.5 Å². The standard InChI is InChI=1S/C14H23N5/c1-2-11-14-17-7-8-18(14)12(9-15)13(16)19(11)10-5-3-4-6-10/h7-8,10-12,16H,2-6,9,15H2,1H3/t11-,12?/m1/s1. The minimum Gasteiger partial charge on any atom is -0.346 e. The fourth-order valence-electron chi connectivity index (χ4n) is 3.68. The average Bonchev–Trinajstić information content (AvgIpc) is 3.07. The third-order valence-electron chi connectivity index (χ3n) is 4.59. The summed E-state index contributed by atoms with van der Waals surface area (Å²) in [6.07, 6.45) is 9.78. The van der Waals surface area contributed by atoms with Gasteiger partial charge in [-0.3, -0.25) is 5.41 Å². The highest BCUT2D eigenvalue weighted by Gasteiger charge is 2.40. The maximum atomic E-state index is 8.57. The molecule has 19 heavy (non-hydrogen) atoms. The molecule has 0 radical (unpaired) electrons. The van der Waals surface area contributed by atoms with E-state index in [1.165, 1.54) is 25.7 Å². The van der Waals surface area contributed by atoms with E-state index in [2.05, 4.69) is 21.4 Å². The number of nitrogens with zero attached hydrogens (tertiary/aromatic N) is 3.